The molecule has 1 N–H and O–H groups in total. The van der Waals surface area contributed by atoms with Crippen molar-refractivity contribution in [2.75, 3.05) is 34.3 Å². The van der Waals surface area contributed by atoms with Crippen LogP contribution in [0.4, 0.5) is 0 Å². The molecular weight excluding hydrogens is 252 g/mol. The highest BCUT2D eigenvalue weighted by Gasteiger charge is 2.24. The first-order valence-corrected chi connectivity index (χ1v) is 7.25. The predicted octanol–water partition coefficient (Wildman–Crippen LogP) is 1.88. The highest BCUT2D eigenvalue weighted by atomic mass is 16.5. The lowest BCUT2D eigenvalue weighted by Gasteiger charge is -2.21. The zero-order valence-electron chi connectivity index (χ0n) is 13.0. The summed E-state index contributed by atoms with van der Waals surface area (Å²) in [5.74, 6) is 0.905. The Bertz CT molecular complexity index is 446. The standard InChI is InChI=1S/C16H26N2O2/c1-12(19)13-5-6-16(20-4)14(9-13)10-18-8-7-15(11-18)17(2)3/h5-6,9,12,15,19H,7-8,10-11H2,1-4H3. The fourth-order valence-corrected chi connectivity index (χ4v) is 2.80. The summed E-state index contributed by atoms with van der Waals surface area (Å²) >= 11 is 0. The van der Waals surface area contributed by atoms with Crippen molar-refractivity contribution in [2.45, 2.75) is 32.0 Å². The van der Waals surface area contributed by atoms with Gasteiger partial charge in [0.05, 0.1) is 13.2 Å². The average molecular weight is 278 g/mol. The maximum absolute atomic E-state index is 9.73. The van der Waals surface area contributed by atoms with Crippen LogP contribution >= 0.6 is 0 Å². The van der Waals surface area contributed by atoms with E-state index in [1.165, 1.54) is 6.42 Å². The molecule has 2 unspecified atom stereocenters. The SMILES string of the molecule is COc1ccc(C(C)O)cc1CN1CCC(N(C)C)C1. The lowest BCUT2D eigenvalue weighted by Crippen LogP contribution is -2.31. The molecule has 0 spiro atoms. The van der Waals surface area contributed by atoms with Crippen LogP contribution in [0.3, 0.4) is 0 Å². The van der Waals surface area contributed by atoms with E-state index in [9.17, 15) is 5.11 Å². The molecular formula is C16H26N2O2. The Morgan fingerprint density at radius 1 is 1.45 bits per heavy atom. The molecule has 1 fully saturated rings. The first-order chi connectivity index (χ1) is 9.51. The Balaban J connectivity index is 2.10. The Hall–Kier alpha value is -1.10. The minimum absolute atomic E-state index is 0.437. The van der Waals surface area contributed by atoms with Crippen LogP contribution < -0.4 is 4.74 Å². The van der Waals surface area contributed by atoms with Crippen LogP contribution in [0.25, 0.3) is 0 Å². The van der Waals surface area contributed by atoms with Gasteiger partial charge in [-0.25, -0.2) is 0 Å². The molecule has 1 heterocycles. The van der Waals surface area contributed by atoms with Gasteiger partial charge in [-0.1, -0.05) is 6.07 Å². The van der Waals surface area contributed by atoms with E-state index < -0.39 is 6.10 Å². The van der Waals surface area contributed by atoms with E-state index in [1.54, 1.807) is 14.0 Å². The maximum Gasteiger partial charge on any atom is 0.123 e. The summed E-state index contributed by atoms with van der Waals surface area (Å²) in [7, 11) is 5.99. The van der Waals surface area contributed by atoms with Crippen molar-refractivity contribution in [2.24, 2.45) is 0 Å². The fourth-order valence-electron chi connectivity index (χ4n) is 2.80. The molecule has 0 saturated carbocycles. The monoisotopic (exact) mass is 278 g/mol. The number of nitrogens with zero attached hydrogens (tertiary/aromatic N) is 2. The van der Waals surface area contributed by atoms with Crippen LogP contribution in [0.2, 0.25) is 0 Å². The van der Waals surface area contributed by atoms with Gasteiger partial charge in [-0.2, -0.15) is 0 Å². The largest absolute Gasteiger partial charge is 0.496 e. The van der Waals surface area contributed by atoms with Gasteiger partial charge in [0, 0.05) is 31.2 Å². The molecule has 1 aromatic rings. The van der Waals surface area contributed by atoms with Crippen molar-refractivity contribution in [1.29, 1.82) is 0 Å². The number of ether oxygens (including phenoxy) is 1. The number of likely N-dealkylation sites (tertiary alicyclic amines) is 1. The summed E-state index contributed by atoms with van der Waals surface area (Å²) in [6.45, 7) is 4.89. The third-order valence-corrected chi connectivity index (χ3v) is 4.16. The molecule has 1 aromatic carbocycles. The number of rotatable bonds is 5. The van der Waals surface area contributed by atoms with Crippen molar-refractivity contribution in [3.8, 4) is 5.75 Å². The molecule has 0 amide bonds. The van der Waals surface area contributed by atoms with Crippen molar-refractivity contribution in [1.82, 2.24) is 9.80 Å². The van der Waals surface area contributed by atoms with Gasteiger partial charge in [-0.15, -0.1) is 0 Å². The van der Waals surface area contributed by atoms with E-state index in [0.29, 0.717) is 6.04 Å². The number of aliphatic hydroxyl groups excluding tert-OH is 1. The van der Waals surface area contributed by atoms with E-state index in [2.05, 4.69) is 30.0 Å². The van der Waals surface area contributed by atoms with Gasteiger partial charge in [0.1, 0.15) is 5.75 Å². The highest BCUT2D eigenvalue weighted by molar-refractivity contribution is 5.38. The Morgan fingerprint density at radius 2 is 2.20 bits per heavy atom. The van der Waals surface area contributed by atoms with Crippen LogP contribution in [-0.4, -0.2) is 55.2 Å². The first-order valence-electron chi connectivity index (χ1n) is 7.25. The van der Waals surface area contributed by atoms with Crippen molar-refractivity contribution in [3.63, 3.8) is 0 Å². The third kappa shape index (κ3) is 3.51. The summed E-state index contributed by atoms with van der Waals surface area (Å²) in [6.07, 6.45) is 0.776. The van der Waals surface area contributed by atoms with E-state index in [-0.39, 0.29) is 0 Å². The number of aliphatic hydroxyl groups is 1. The van der Waals surface area contributed by atoms with Crippen LogP contribution in [0, 0.1) is 0 Å². The molecule has 0 aliphatic carbocycles. The summed E-state index contributed by atoms with van der Waals surface area (Å²) in [4.78, 5) is 4.75. The second kappa shape index (κ2) is 6.57. The quantitative estimate of drug-likeness (QED) is 0.892. The molecule has 112 valence electrons. The normalized spacial score (nSPS) is 21.4. The summed E-state index contributed by atoms with van der Waals surface area (Å²) < 4.78 is 5.45. The molecule has 1 saturated heterocycles. The Labute approximate surface area is 122 Å². The molecule has 2 rings (SSSR count). The minimum Gasteiger partial charge on any atom is -0.496 e. The molecule has 0 radical (unpaired) electrons. The second-order valence-electron chi connectivity index (χ2n) is 5.89. The number of likely N-dealkylation sites (N-methyl/N-ethyl adjacent to an activating group) is 1. The van der Waals surface area contributed by atoms with Crippen LogP contribution in [0.1, 0.15) is 30.6 Å². The van der Waals surface area contributed by atoms with Crippen molar-refractivity contribution in [3.05, 3.63) is 29.3 Å². The van der Waals surface area contributed by atoms with Gasteiger partial charge in [0.15, 0.2) is 0 Å². The zero-order valence-corrected chi connectivity index (χ0v) is 13.0. The number of methoxy groups -OCH3 is 1. The van der Waals surface area contributed by atoms with Gasteiger partial charge < -0.3 is 14.7 Å². The zero-order chi connectivity index (χ0) is 14.7. The van der Waals surface area contributed by atoms with E-state index in [4.69, 9.17) is 4.74 Å². The molecule has 1 aliphatic rings. The van der Waals surface area contributed by atoms with Gasteiger partial charge in [0.25, 0.3) is 0 Å². The number of benzene rings is 1. The molecule has 1 aliphatic heterocycles. The summed E-state index contributed by atoms with van der Waals surface area (Å²) in [5, 5.41) is 9.73. The maximum atomic E-state index is 9.73. The topological polar surface area (TPSA) is 35.9 Å². The van der Waals surface area contributed by atoms with Crippen molar-refractivity contribution < 1.29 is 9.84 Å². The molecule has 2 atom stereocenters. The van der Waals surface area contributed by atoms with Crippen LogP contribution in [0.5, 0.6) is 5.75 Å². The van der Waals surface area contributed by atoms with Crippen LogP contribution in [-0.2, 0) is 6.54 Å². The highest BCUT2D eigenvalue weighted by Crippen LogP contribution is 2.26. The van der Waals surface area contributed by atoms with E-state index >= 15 is 0 Å². The predicted molar refractivity (Wildman–Crippen MR) is 81.0 cm³/mol. The minimum atomic E-state index is -0.437. The lowest BCUT2D eigenvalue weighted by atomic mass is 10.1. The first kappa shape index (κ1) is 15.3. The van der Waals surface area contributed by atoms with Gasteiger partial charge in [0.2, 0.25) is 0 Å². The van der Waals surface area contributed by atoms with Gasteiger partial charge >= 0.3 is 0 Å². The van der Waals surface area contributed by atoms with E-state index in [0.717, 1.165) is 36.5 Å². The molecule has 4 heteroatoms. The average Bonchev–Trinajstić information content (AvgIpc) is 2.87. The molecule has 0 bridgehead atoms. The van der Waals surface area contributed by atoms with Crippen molar-refractivity contribution >= 4 is 0 Å². The fraction of sp³-hybridized carbons (Fsp3) is 0.625. The van der Waals surface area contributed by atoms with E-state index in [1.807, 2.05) is 12.1 Å². The van der Waals surface area contributed by atoms with Gasteiger partial charge in [-0.3, -0.25) is 4.90 Å². The summed E-state index contributed by atoms with van der Waals surface area (Å²) in [6, 6.07) is 6.59. The van der Waals surface area contributed by atoms with Gasteiger partial charge in [-0.05, 0) is 45.1 Å². The summed E-state index contributed by atoms with van der Waals surface area (Å²) in [5.41, 5.74) is 2.11. The molecule has 20 heavy (non-hydrogen) atoms. The lowest BCUT2D eigenvalue weighted by molar-refractivity contribution is 0.199. The van der Waals surface area contributed by atoms with Crippen LogP contribution in [0.15, 0.2) is 18.2 Å². The third-order valence-electron chi connectivity index (χ3n) is 4.16. The second-order valence-corrected chi connectivity index (χ2v) is 5.89. The number of hydrogen-bond donors (Lipinski definition) is 1. The number of hydrogen-bond acceptors (Lipinski definition) is 4. The Kier molecular flexibility index (Phi) is 5.02. The smallest absolute Gasteiger partial charge is 0.123 e. The molecule has 0 aromatic heterocycles. The molecule has 4 nitrogen and oxygen atoms in total. The Morgan fingerprint density at radius 3 is 2.75 bits per heavy atom.